The van der Waals surface area contributed by atoms with Crippen LogP contribution >= 0.6 is 0 Å². The molecule has 0 unspecified atom stereocenters. The van der Waals surface area contributed by atoms with E-state index in [9.17, 15) is 0 Å². The number of hydrogen-bond acceptors (Lipinski definition) is 3. The highest BCUT2D eigenvalue weighted by molar-refractivity contribution is 5.39. The fourth-order valence-corrected chi connectivity index (χ4v) is 2.55. The van der Waals surface area contributed by atoms with E-state index in [4.69, 9.17) is 5.73 Å². The molecule has 1 fully saturated rings. The van der Waals surface area contributed by atoms with Crippen LogP contribution in [-0.4, -0.2) is 24.1 Å². The number of nitrogens with zero attached hydrogens (tertiary/aromatic N) is 2. The van der Waals surface area contributed by atoms with Gasteiger partial charge in [-0.05, 0) is 44.4 Å². The van der Waals surface area contributed by atoms with E-state index in [-0.39, 0.29) is 0 Å². The molecule has 3 heteroatoms. The third kappa shape index (κ3) is 2.35. The third-order valence-electron chi connectivity index (χ3n) is 3.64. The molecule has 2 N–H and O–H groups in total. The first-order valence-corrected chi connectivity index (χ1v) is 6.20. The molecular formula is C13H21N3. The Morgan fingerprint density at radius 2 is 2.31 bits per heavy atom. The van der Waals surface area contributed by atoms with Crippen molar-refractivity contribution in [1.82, 2.24) is 4.98 Å². The van der Waals surface area contributed by atoms with Gasteiger partial charge in [0, 0.05) is 18.8 Å². The molecule has 0 aromatic carbocycles. The SMILES string of the molecule is C[C@@H]1[C@@H](CN)CCCCN1c1ccccn1. The Kier molecular flexibility index (Phi) is 3.78. The molecule has 3 nitrogen and oxygen atoms in total. The van der Waals surface area contributed by atoms with Gasteiger partial charge in [-0.15, -0.1) is 0 Å². The van der Waals surface area contributed by atoms with Crippen molar-refractivity contribution >= 4 is 5.82 Å². The number of hydrogen-bond donors (Lipinski definition) is 1. The van der Waals surface area contributed by atoms with E-state index in [1.54, 1.807) is 0 Å². The van der Waals surface area contributed by atoms with Gasteiger partial charge in [-0.3, -0.25) is 0 Å². The molecule has 2 atom stereocenters. The summed E-state index contributed by atoms with van der Waals surface area (Å²) in [5.41, 5.74) is 5.86. The lowest BCUT2D eigenvalue weighted by atomic mass is 9.96. The molecule has 1 aromatic heterocycles. The van der Waals surface area contributed by atoms with Crippen molar-refractivity contribution in [3.63, 3.8) is 0 Å². The van der Waals surface area contributed by atoms with E-state index in [1.165, 1.54) is 19.3 Å². The van der Waals surface area contributed by atoms with Crippen molar-refractivity contribution < 1.29 is 0 Å². The molecule has 16 heavy (non-hydrogen) atoms. The van der Waals surface area contributed by atoms with Crippen molar-refractivity contribution in [1.29, 1.82) is 0 Å². The summed E-state index contributed by atoms with van der Waals surface area (Å²) in [6, 6.07) is 6.61. The number of anilines is 1. The monoisotopic (exact) mass is 219 g/mol. The van der Waals surface area contributed by atoms with E-state index in [2.05, 4.69) is 28.9 Å². The molecule has 1 aliphatic rings. The van der Waals surface area contributed by atoms with Gasteiger partial charge in [-0.25, -0.2) is 4.98 Å². The lowest BCUT2D eigenvalue weighted by Crippen LogP contribution is -2.40. The van der Waals surface area contributed by atoms with Crippen LogP contribution in [0.3, 0.4) is 0 Å². The highest BCUT2D eigenvalue weighted by Crippen LogP contribution is 2.25. The third-order valence-corrected chi connectivity index (χ3v) is 3.64. The van der Waals surface area contributed by atoms with Gasteiger partial charge in [-0.1, -0.05) is 12.5 Å². The lowest BCUT2D eigenvalue weighted by molar-refractivity contribution is 0.422. The van der Waals surface area contributed by atoms with Crippen molar-refractivity contribution in [3.8, 4) is 0 Å². The summed E-state index contributed by atoms with van der Waals surface area (Å²) in [7, 11) is 0. The summed E-state index contributed by atoms with van der Waals surface area (Å²) in [4.78, 5) is 6.86. The predicted molar refractivity (Wildman–Crippen MR) is 67.4 cm³/mol. The second-order valence-corrected chi connectivity index (χ2v) is 4.61. The van der Waals surface area contributed by atoms with Crippen LogP contribution in [0.1, 0.15) is 26.2 Å². The normalized spacial score (nSPS) is 26.5. The van der Waals surface area contributed by atoms with Crippen molar-refractivity contribution in [2.45, 2.75) is 32.2 Å². The average Bonchev–Trinajstić information content (AvgIpc) is 2.52. The minimum absolute atomic E-state index is 0.502. The summed E-state index contributed by atoms with van der Waals surface area (Å²) in [5.74, 6) is 1.69. The first-order chi connectivity index (χ1) is 7.83. The maximum absolute atomic E-state index is 5.86. The zero-order chi connectivity index (χ0) is 11.4. The first kappa shape index (κ1) is 11.4. The van der Waals surface area contributed by atoms with E-state index in [0.29, 0.717) is 12.0 Å². The number of aromatic nitrogens is 1. The van der Waals surface area contributed by atoms with Crippen LogP contribution in [0, 0.1) is 5.92 Å². The van der Waals surface area contributed by atoms with Crippen molar-refractivity contribution in [2.24, 2.45) is 11.7 Å². The highest BCUT2D eigenvalue weighted by Gasteiger charge is 2.25. The van der Waals surface area contributed by atoms with Gasteiger partial charge in [0.2, 0.25) is 0 Å². The van der Waals surface area contributed by atoms with Crippen LogP contribution in [0.2, 0.25) is 0 Å². The fourth-order valence-electron chi connectivity index (χ4n) is 2.55. The summed E-state index contributed by atoms with van der Waals surface area (Å²) < 4.78 is 0. The molecule has 2 heterocycles. The second-order valence-electron chi connectivity index (χ2n) is 4.61. The predicted octanol–water partition coefficient (Wildman–Crippen LogP) is 2.04. The maximum atomic E-state index is 5.86. The van der Waals surface area contributed by atoms with Gasteiger partial charge in [0.15, 0.2) is 0 Å². The molecule has 1 aliphatic heterocycles. The van der Waals surface area contributed by atoms with Gasteiger partial charge in [-0.2, -0.15) is 0 Å². The Bertz CT molecular complexity index is 312. The summed E-state index contributed by atoms with van der Waals surface area (Å²) in [5, 5.41) is 0. The van der Waals surface area contributed by atoms with Gasteiger partial charge in [0.25, 0.3) is 0 Å². The number of rotatable bonds is 2. The molecule has 1 saturated heterocycles. The van der Waals surface area contributed by atoms with Gasteiger partial charge in [0.1, 0.15) is 5.82 Å². The largest absolute Gasteiger partial charge is 0.354 e. The van der Waals surface area contributed by atoms with Crippen LogP contribution in [0.5, 0.6) is 0 Å². The summed E-state index contributed by atoms with van der Waals surface area (Å²) in [6.07, 6.45) is 5.65. The minimum atomic E-state index is 0.502. The first-order valence-electron chi connectivity index (χ1n) is 6.20. The highest BCUT2D eigenvalue weighted by atomic mass is 15.2. The standard InChI is InChI=1S/C13H21N3/c1-11-12(10-14)6-3-5-9-16(11)13-7-2-4-8-15-13/h2,4,7-8,11-12H,3,5-6,9-10,14H2,1H3/t11-,12-/m1/s1. The van der Waals surface area contributed by atoms with Gasteiger partial charge >= 0.3 is 0 Å². The molecule has 0 spiro atoms. The smallest absolute Gasteiger partial charge is 0.128 e. The number of nitrogens with two attached hydrogens (primary N) is 1. The zero-order valence-corrected chi connectivity index (χ0v) is 9.97. The molecule has 0 aliphatic carbocycles. The Morgan fingerprint density at radius 3 is 3.00 bits per heavy atom. The Hall–Kier alpha value is -1.09. The van der Waals surface area contributed by atoms with Crippen LogP contribution < -0.4 is 10.6 Å². The Morgan fingerprint density at radius 1 is 1.44 bits per heavy atom. The molecule has 2 rings (SSSR count). The minimum Gasteiger partial charge on any atom is -0.354 e. The van der Waals surface area contributed by atoms with Crippen molar-refractivity contribution in [2.75, 3.05) is 18.0 Å². The van der Waals surface area contributed by atoms with E-state index < -0.39 is 0 Å². The molecule has 88 valence electrons. The van der Waals surface area contributed by atoms with Crippen LogP contribution in [0.15, 0.2) is 24.4 Å². The van der Waals surface area contributed by atoms with Crippen LogP contribution in [0.25, 0.3) is 0 Å². The van der Waals surface area contributed by atoms with Gasteiger partial charge in [0.05, 0.1) is 0 Å². The lowest BCUT2D eigenvalue weighted by Gasteiger charge is -2.32. The second kappa shape index (κ2) is 5.30. The van der Waals surface area contributed by atoms with E-state index in [1.807, 2.05) is 12.3 Å². The Labute approximate surface area is 97.7 Å². The summed E-state index contributed by atoms with van der Waals surface area (Å²) >= 11 is 0. The van der Waals surface area contributed by atoms with E-state index in [0.717, 1.165) is 18.9 Å². The molecular weight excluding hydrogens is 198 g/mol. The Balaban J connectivity index is 2.18. The fraction of sp³-hybridized carbons (Fsp3) is 0.615. The molecule has 0 radical (unpaired) electrons. The average molecular weight is 219 g/mol. The van der Waals surface area contributed by atoms with E-state index >= 15 is 0 Å². The van der Waals surface area contributed by atoms with Crippen LogP contribution in [-0.2, 0) is 0 Å². The van der Waals surface area contributed by atoms with Crippen LogP contribution in [0.4, 0.5) is 5.82 Å². The zero-order valence-electron chi connectivity index (χ0n) is 9.97. The topological polar surface area (TPSA) is 42.1 Å². The van der Waals surface area contributed by atoms with Crippen molar-refractivity contribution in [3.05, 3.63) is 24.4 Å². The molecule has 0 saturated carbocycles. The summed E-state index contributed by atoms with van der Waals surface area (Å²) in [6.45, 7) is 4.16. The van der Waals surface area contributed by atoms with Gasteiger partial charge < -0.3 is 10.6 Å². The quantitative estimate of drug-likeness (QED) is 0.827. The molecule has 0 amide bonds. The molecule has 0 bridgehead atoms. The maximum Gasteiger partial charge on any atom is 0.128 e. The molecule has 1 aromatic rings. The number of pyridine rings is 1.